The highest BCUT2D eigenvalue weighted by molar-refractivity contribution is 7.98. The van der Waals surface area contributed by atoms with Crippen molar-refractivity contribution in [3.8, 4) is 0 Å². The Morgan fingerprint density at radius 1 is 0.542 bits per heavy atom. The molecule has 3 atom stereocenters. The molecule has 0 aromatic heterocycles. The van der Waals surface area contributed by atoms with Gasteiger partial charge in [-0.15, -0.1) is 11.8 Å². The Balaban J connectivity index is 0.00000795. The van der Waals surface area contributed by atoms with E-state index >= 15 is 0 Å². The number of carbonyl (C=O) groups excluding carboxylic acids is 4. The maximum Gasteiger partial charge on any atom is 0.307 e. The lowest BCUT2D eigenvalue weighted by atomic mass is 9.81. The maximum absolute atomic E-state index is 13.4. The van der Waals surface area contributed by atoms with E-state index in [1.165, 1.54) is 88.9 Å². The normalized spacial score (nSPS) is 21.7. The number of ether oxygens (including phenoxy) is 8. The van der Waals surface area contributed by atoms with Crippen LogP contribution in [0.4, 0.5) is 0 Å². The highest BCUT2D eigenvalue weighted by atomic mass is 32.2. The molecule has 0 amide bonds. The van der Waals surface area contributed by atoms with Crippen LogP contribution in [0.3, 0.4) is 0 Å². The van der Waals surface area contributed by atoms with E-state index in [1.54, 1.807) is 0 Å². The predicted octanol–water partition coefficient (Wildman–Crippen LogP) is 16.0. The van der Waals surface area contributed by atoms with Gasteiger partial charge in [0.25, 0.3) is 0 Å². The Kier molecular flexibility index (Phi) is 46.2. The van der Waals surface area contributed by atoms with Gasteiger partial charge in [-0.05, 0) is 120 Å². The van der Waals surface area contributed by atoms with Gasteiger partial charge in [-0.25, -0.2) is 0 Å². The Labute approximate surface area is 514 Å². The molecule has 3 saturated carbocycles. The van der Waals surface area contributed by atoms with Crippen molar-refractivity contribution < 1.29 is 57.1 Å². The van der Waals surface area contributed by atoms with Crippen LogP contribution in [0.1, 0.15) is 238 Å². The minimum absolute atomic E-state index is 0. The second-order valence-corrected chi connectivity index (χ2v) is 27.7. The van der Waals surface area contributed by atoms with Crippen molar-refractivity contribution >= 4 is 35.6 Å². The largest absolute Gasteiger partial charge is 0.498 e. The topological polar surface area (TPSA) is 149 Å². The molecule has 0 aromatic carbocycles. The molecule has 0 aliphatic heterocycles. The number of hydrogen-bond acceptors (Lipinski definition) is 15. The molecule has 3 rings (SSSR count). The first kappa shape index (κ1) is 80.6. The van der Waals surface area contributed by atoms with Crippen LogP contribution in [0.2, 0.25) is 0 Å². The van der Waals surface area contributed by atoms with E-state index in [1.807, 2.05) is 25.0 Å². The molecule has 0 spiro atoms. The molecule has 3 aliphatic rings. The average molecular weight is 1200 g/mol. The van der Waals surface area contributed by atoms with Gasteiger partial charge in [0.1, 0.15) is 40.0 Å². The molecule has 14 nitrogen and oxygen atoms in total. The number of carbonyl (C=O) groups is 4. The fourth-order valence-electron chi connectivity index (χ4n) is 10.9. The molecule has 15 heteroatoms. The minimum atomic E-state index is -0.797. The molecular weight excluding hydrogens is 1070 g/mol. The van der Waals surface area contributed by atoms with Gasteiger partial charge in [-0.1, -0.05) is 167 Å². The number of nitrogens with zero attached hydrogens (tertiary/aromatic N) is 2. The molecule has 0 aromatic rings. The summed E-state index contributed by atoms with van der Waals surface area (Å²) in [6.45, 7) is 27.1. The fraction of sp³-hybridized carbons (Fsp3) is 0.912. The summed E-state index contributed by atoms with van der Waals surface area (Å²) in [5.74, 6) is 5.27. The lowest BCUT2D eigenvalue weighted by Crippen LogP contribution is -2.37. The predicted molar refractivity (Wildman–Crippen MR) is 343 cm³/mol. The average Bonchev–Trinajstić information content (AvgIpc) is 3.44. The van der Waals surface area contributed by atoms with Crippen LogP contribution < -0.4 is 0 Å². The molecule has 3 unspecified atom stereocenters. The van der Waals surface area contributed by atoms with Crippen LogP contribution in [0, 0.1) is 58.2 Å². The summed E-state index contributed by atoms with van der Waals surface area (Å²) >= 11 is 1.54. The van der Waals surface area contributed by atoms with E-state index in [4.69, 9.17) is 37.9 Å². The third-order valence-electron chi connectivity index (χ3n) is 17.0. The van der Waals surface area contributed by atoms with Gasteiger partial charge in [-0.2, -0.15) is 0 Å². The summed E-state index contributed by atoms with van der Waals surface area (Å²) in [5, 5.41) is 0. The van der Waals surface area contributed by atoms with Crippen LogP contribution in [-0.4, -0.2) is 139 Å². The number of allylic oxidation sites excluding steroid dienone is 1. The van der Waals surface area contributed by atoms with E-state index < -0.39 is 22.8 Å². The third kappa shape index (κ3) is 42.2. The van der Waals surface area contributed by atoms with Crippen LogP contribution in [0.5, 0.6) is 0 Å². The lowest BCUT2D eigenvalue weighted by Gasteiger charge is -2.30. The number of thioether (sulfide) groups is 1. The second-order valence-electron chi connectivity index (χ2n) is 26.8. The summed E-state index contributed by atoms with van der Waals surface area (Å²) in [6, 6.07) is 0. The van der Waals surface area contributed by atoms with Gasteiger partial charge in [0.15, 0.2) is 0 Å². The summed E-state index contributed by atoms with van der Waals surface area (Å²) in [4.78, 5) is 56.9. The molecule has 83 heavy (non-hydrogen) atoms. The number of hydrogen-bond donors (Lipinski definition) is 0. The van der Waals surface area contributed by atoms with Crippen LogP contribution in [0.25, 0.3) is 0 Å². The smallest absolute Gasteiger partial charge is 0.307 e. The second kappa shape index (κ2) is 47.6. The standard InChI is InChI=1S/C61H109NO12S.C5H13N.2CH4/c1-47(2)13-14-48(3)15-22-52(7)70-39-61(9,42-72-57(64)32-30-55-27-20-51(6)21-28-55)43-74-59(66)34-36-62(44-69-46-75-10)35-33-58(65)73-41-60(8,40-71-56(63)31-29-54-25-18-50(5)19-26-54)38-68-45-67-37-11-12-53-23-16-49(4)17-24-53;1-4-5-6(2)3;;/h47-51,53-55H,7,11-46H2,1-6,8-10H3;4-5H2,1-3H3;2*1H4. The molecule has 0 heterocycles. The van der Waals surface area contributed by atoms with E-state index in [2.05, 4.69) is 74.0 Å². The van der Waals surface area contributed by atoms with Crippen LogP contribution >= 0.6 is 11.8 Å². The molecule has 0 N–H and O–H groups in total. The summed E-state index contributed by atoms with van der Waals surface area (Å²) in [6.07, 6.45) is 26.7. The Morgan fingerprint density at radius 2 is 0.964 bits per heavy atom. The van der Waals surface area contributed by atoms with Crippen molar-refractivity contribution in [2.45, 2.75) is 238 Å². The van der Waals surface area contributed by atoms with E-state index in [9.17, 15) is 19.2 Å². The monoisotopic (exact) mass is 1200 g/mol. The van der Waals surface area contributed by atoms with E-state index in [0.717, 1.165) is 87.9 Å². The van der Waals surface area contributed by atoms with Gasteiger partial charge in [-0.3, -0.25) is 24.1 Å². The van der Waals surface area contributed by atoms with Gasteiger partial charge in [0, 0.05) is 39.0 Å². The van der Waals surface area contributed by atoms with Crippen molar-refractivity contribution in [1.29, 1.82) is 0 Å². The molecule has 0 bridgehead atoms. The van der Waals surface area contributed by atoms with Gasteiger partial charge in [0.05, 0.1) is 48.6 Å². The van der Waals surface area contributed by atoms with E-state index in [-0.39, 0.29) is 106 Å². The Morgan fingerprint density at radius 3 is 1.37 bits per heavy atom. The van der Waals surface area contributed by atoms with Gasteiger partial charge >= 0.3 is 23.9 Å². The zero-order valence-corrected chi connectivity index (χ0v) is 54.7. The van der Waals surface area contributed by atoms with Gasteiger partial charge < -0.3 is 42.8 Å². The molecule has 490 valence electrons. The van der Waals surface area contributed by atoms with Crippen LogP contribution in [-0.2, 0) is 57.1 Å². The highest BCUT2D eigenvalue weighted by Gasteiger charge is 2.32. The summed E-state index contributed by atoms with van der Waals surface area (Å²) < 4.78 is 47.3. The van der Waals surface area contributed by atoms with Crippen molar-refractivity contribution in [2.75, 3.05) is 106 Å². The molecular formula is C68H130N2O12S. The molecule has 3 aliphatic carbocycles. The lowest BCUT2D eigenvalue weighted by molar-refractivity contribution is -0.160. The highest BCUT2D eigenvalue weighted by Crippen LogP contribution is 2.34. The quantitative estimate of drug-likeness (QED) is 0.0187. The molecule has 0 saturated heterocycles. The van der Waals surface area contributed by atoms with Crippen molar-refractivity contribution in [1.82, 2.24) is 9.80 Å². The first-order valence-electron chi connectivity index (χ1n) is 32.1. The summed E-state index contributed by atoms with van der Waals surface area (Å²) in [5.41, 5.74) is -1.59. The van der Waals surface area contributed by atoms with E-state index in [0.29, 0.717) is 54.8 Å². The SMILES string of the molecule is C.C.C=C(CCC(C)CCC(C)C)OCC(C)(COC(=O)CCC1CCC(C)CC1)COC(=O)CCN(CCC(=O)OCC(C)(COCOCCCC1CCC(C)CC1)COC(=O)CCC1CCC(C)CC1)COCSC.CCCN(C)C. The fourth-order valence-corrected chi connectivity index (χ4v) is 11.1. The molecule has 0 radical (unpaired) electrons. The van der Waals surface area contributed by atoms with Crippen molar-refractivity contribution in [3.05, 3.63) is 12.3 Å². The maximum atomic E-state index is 13.4. The first-order valence-corrected chi connectivity index (χ1v) is 33.5. The van der Waals surface area contributed by atoms with Crippen molar-refractivity contribution in [2.24, 2.45) is 58.2 Å². The molecule has 3 fully saturated rings. The minimum Gasteiger partial charge on any atom is -0.498 e. The zero-order valence-electron chi connectivity index (χ0n) is 53.9. The van der Waals surface area contributed by atoms with Crippen LogP contribution in [0.15, 0.2) is 12.3 Å². The Bertz CT molecular complexity index is 1660. The first-order chi connectivity index (χ1) is 38.6. The zero-order chi connectivity index (χ0) is 59.9. The number of esters is 4. The third-order valence-corrected chi connectivity index (χ3v) is 17.4. The van der Waals surface area contributed by atoms with Crippen molar-refractivity contribution in [3.63, 3.8) is 0 Å². The van der Waals surface area contributed by atoms with Gasteiger partial charge in [0.2, 0.25) is 0 Å². The summed E-state index contributed by atoms with van der Waals surface area (Å²) in [7, 11) is 4.17. The number of rotatable bonds is 43. The Hall–Kier alpha value is -2.43.